The van der Waals surface area contributed by atoms with Crippen molar-refractivity contribution in [1.82, 2.24) is 16.0 Å². The summed E-state index contributed by atoms with van der Waals surface area (Å²) in [4.78, 5) is 26.3. The summed E-state index contributed by atoms with van der Waals surface area (Å²) < 4.78 is 11.3. The molecule has 9 nitrogen and oxygen atoms in total. The summed E-state index contributed by atoms with van der Waals surface area (Å²) in [5.74, 6) is -0.0149. The van der Waals surface area contributed by atoms with Gasteiger partial charge in [0.15, 0.2) is 17.5 Å². The molecule has 1 atom stereocenters. The summed E-state index contributed by atoms with van der Waals surface area (Å²) in [6.45, 7) is 1.12. The van der Waals surface area contributed by atoms with Gasteiger partial charge in [-0.15, -0.1) is 0 Å². The van der Waals surface area contributed by atoms with Crippen LogP contribution in [0.3, 0.4) is 0 Å². The summed E-state index contributed by atoms with van der Waals surface area (Å²) in [6, 6.07) is 19.1. The molecule has 0 saturated carbocycles. The Morgan fingerprint density at radius 1 is 0.951 bits per heavy atom. The summed E-state index contributed by atoms with van der Waals surface area (Å²) in [5.41, 5.74) is 7.65. The van der Waals surface area contributed by atoms with Crippen LogP contribution in [0.25, 0.3) is 0 Å². The zero-order valence-electron chi connectivity index (χ0n) is 22.8. The van der Waals surface area contributed by atoms with Gasteiger partial charge in [0.05, 0.1) is 13.7 Å². The Morgan fingerprint density at radius 3 is 2.44 bits per heavy atom. The molecule has 3 rings (SSSR count). The van der Waals surface area contributed by atoms with Crippen LogP contribution in [-0.2, 0) is 17.6 Å². The van der Waals surface area contributed by atoms with E-state index in [1.54, 1.807) is 30.3 Å². The quantitative estimate of drug-likeness (QED) is 0.1000. The number of rotatable bonds is 15. The molecule has 0 aromatic heterocycles. The Morgan fingerprint density at radius 2 is 1.73 bits per heavy atom. The van der Waals surface area contributed by atoms with Crippen LogP contribution in [0.2, 0.25) is 10.0 Å². The number of methoxy groups -OCH3 is 1. The Labute approximate surface area is 250 Å². The lowest BCUT2D eigenvalue weighted by Gasteiger charge is -2.19. The van der Waals surface area contributed by atoms with Crippen LogP contribution in [0.1, 0.15) is 34.3 Å². The molecular weight excluding hydrogens is 565 g/mol. The van der Waals surface area contributed by atoms with Gasteiger partial charge in [-0.25, -0.2) is 0 Å². The van der Waals surface area contributed by atoms with Crippen molar-refractivity contribution >= 4 is 41.0 Å². The Balaban J connectivity index is 1.64. The van der Waals surface area contributed by atoms with Gasteiger partial charge in [0.2, 0.25) is 5.91 Å². The molecule has 0 radical (unpaired) electrons. The molecule has 0 spiro atoms. The molecule has 0 aliphatic carbocycles. The van der Waals surface area contributed by atoms with Gasteiger partial charge in [-0.2, -0.15) is 0 Å². The number of halogens is 2. The van der Waals surface area contributed by atoms with Crippen LogP contribution >= 0.6 is 23.2 Å². The monoisotopic (exact) mass is 599 g/mol. The third-order valence-corrected chi connectivity index (χ3v) is 6.82. The third-order valence-electron chi connectivity index (χ3n) is 6.23. The van der Waals surface area contributed by atoms with Crippen LogP contribution < -0.4 is 31.2 Å². The van der Waals surface area contributed by atoms with Crippen molar-refractivity contribution in [2.45, 2.75) is 31.7 Å². The fourth-order valence-corrected chi connectivity index (χ4v) is 4.57. The van der Waals surface area contributed by atoms with Crippen molar-refractivity contribution in [1.29, 1.82) is 5.41 Å². The smallest absolute Gasteiger partial charge is 0.252 e. The lowest BCUT2D eigenvalue weighted by Crippen LogP contribution is -2.47. The molecule has 11 heteroatoms. The van der Waals surface area contributed by atoms with Crippen molar-refractivity contribution < 1.29 is 19.1 Å². The number of benzene rings is 3. The zero-order valence-corrected chi connectivity index (χ0v) is 24.4. The van der Waals surface area contributed by atoms with E-state index in [1.165, 1.54) is 7.11 Å². The molecular formula is C30H35Cl2N5O4. The maximum atomic E-state index is 13.2. The molecule has 0 fully saturated rings. The number of hydrogen-bond donors (Lipinski definition) is 5. The SMILES string of the molecule is COc1ccc(C(=O)NC(CCCNC(=N)N)C(=O)NCCc2ccccc2)cc1OCCc1ccc(Cl)cc1Cl. The minimum Gasteiger partial charge on any atom is -0.493 e. The average molecular weight is 601 g/mol. The predicted octanol–water partition coefficient (Wildman–Crippen LogP) is 4.34. The zero-order chi connectivity index (χ0) is 29.6. The van der Waals surface area contributed by atoms with Crippen LogP contribution in [0.4, 0.5) is 0 Å². The van der Waals surface area contributed by atoms with Crippen molar-refractivity contribution in [3.63, 3.8) is 0 Å². The fraction of sp³-hybridized carbons (Fsp3) is 0.300. The van der Waals surface area contributed by atoms with E-state index in [9.17, 15) is 9.59 Å². The minimum absolute atomic E-state index is 0.151. The maximum absolute atomic E-state index is 13.2. The number of carbonyl (C=O) groups excluding carboxylic acids is 2. The number of nitrogens with two attached hydrogens (primary N) is 1. The minimum atomic E-state index is -0.787. The van der Waals surface area contributed by atoms with Crippen LogP contribution in [0, 0.1) is 5.41 Å². The molecule has 0 bridgehead atoms. The molecule has 3 aromatic carbocycles. The highest BCUT2D eigenvalue weighted by Gasteiger charge is 2.22. The number of amides is 2. The predicted molar refractivity (Wildman–Crippen MR) is 162 cm³/mol. The first-order valence-electron chi connectivity index (χ1n) is 13.2. The van der Waals surface area contributed by atoms with Crippen molar-refractivity contribution in [2.75, 3.05) is 26.8 Å². The van der Waals surface area contributed by atoms with E-state index in [2.05, 4.69) is 16.0 Å². The van der Waals surface area contributed by atoms with E-state index in [-0.39, 0.29) is 11.9 Å². The molecule has 6 N–H and O–H groups in total. The Hall–Kier alpha value is -3.95. The largest absolute Gasteiger partial charge is 0.493 e. The first kappa shape index (κ1) is 31.6. The number of nitrogens with one attached hydrogen (secondary N) is 4. The molecule has 218 valence electrons. The second kappa shape index (κ2) is 16.3. The van der Waals surface area contributed by atoms with Gasteiger partial charge in [0.25, 0.3) is 5.91 Å². The average Bonchev–Trinajstić information content (AvgIpc) is 2.96. The van der Waals surface area contributed by atoms with E-state index >= 15 is 0 Å². The Kier molecular flexibility index (Phi) is 12.6. The van der Waals surface area contributed by atoms with Gasteiger partial charge in [-0.3, -0.25) is 15.0 Å². The molecule has 0 aliphatic rings. The van der Waals surface area contributed by atoms with Crippen LogP contribution in [0.5, 0.6) is 11.5 Å². The molecule has 41 heavy (non-hydrogen) atoms. The first-order chi connectivity index (χ1) is 19.8. The van der Waals surface area contributed by atoms with Crippen LogP contribution in [0.15, 0.2) is 66.7 Å². The second-order valence-electron chi connectivity index (χ2n) is 9.24. The molecule has 1 unspecified atom stereocenters. The maximum Gasteiger partial charge on any atom is 0.252 e. The van der Waals surface area contributed by atoms with Crippen molar-refractivity contribution in [3.05, 3.63) is 93.5 Å². The topological polar surface area (TPSA) is 139 Å². The standard InChI is InChI=1S/C30H35Cl2N5O4/c1-40-26-12-10-22(18-27(26)41-17-14-21-9-11-23(31)19-24(21)32)28(38)37-25(8-5-15-36-30(33)34)29(39)35-16-13-20-6-3-2-4-7-20/h2-4,6-7,9-12,18-19,25H,5,8,13-17H2,1H3,(H,35,39)(H,37,38)(H4,33,34,36). The van der Waals surface area contributed by atoms with Gasteiger partial charge in [0, 0.05) is 35.1 Å². The molecule has 3 aromatic rings. The highest BCUT2D eigenvalue weighted by atomic mass is 35.5. The normalized spacial score (nSPS) is 11.3. The number of guanidine groups is 1. The lowest BCUT2D eigenvalue weighted by molar-refractivity contribution is -0.123. The Bertz CT molecular complexity index is 1320. The number of ether oxygens (including phenoxy) is 2. The van der Waals surface area contributed by atoms with Crippen molar-refractivity contribution in [2.24, 2.45) is 5.73 Å². The first-order valence-corrected chi connectivity index (χ1v) is 14.0. The number of hydrogen-bond acceptors (Lipinski definition) is 5. The van der Waals surface area contributed by atoms with Gasteiger partial charge < -0.3 is 31.2 Å². The van der Waals surface area contributed by atoms with E-state index in [4.69, 9.17) is 43.8 Å². The highest BCUT2D eigenvalue weighted by Crippen LogP contribution is 2.29. The summed E-state index contributed by atoms with van der Waals surface area (Å²) >= 11 is 12.2. The van der Waals surface area contributed by atoms with E-state index in [0.717, 1.165) is 11.1 Å². The highest BCUT2D eigenvalue weighted by molar-refractivity contribution is 6.35. The molecule has 2 amide bonds. The van der Waals surface area contributed by atoms with E-state index in [1.807, 2.05) is 36.4 Å². The van der Waals surface area contributed by atoms with Crippen LogP contribution in [-0.4, -0.2) is 50.6 Å². The van der Waals surface area contributed by atoms with Gasteiger partial charge >= 0.3 is 0 Å². The van der Waals surface area contributed by atoms with E-state index < -0.39 is 11.9 Å². The summed E-state index contributed by atoms with van der Waals surface area (Å²) in [6.07, 6.45) is 2.06. The summed E-state index contributed by atoms with van der Waals surface area (Å²) in [7, 11) is 1.52. The molecule has 0 saturated heterocycles. The number of carbonyl (C=O) groups is 2. The van der Waals surface area contributed by atoms with Crippen molar-refractivity contribution in [3.8, 4) is 11.5 Å². The van der Waals surface area contributed by atoms with Gasteiger partial charge in [-0.1, -0.05) is 59.6 Å². The van der Waals surface area contributed by atoms with Gasteiger partial charge in [-0.05, 0) is 60.7 Å². The van der Waals surface area contributed by atoms with E-state index in [0.29, 0.717) is 72.5 Å². The molecule has 0 heterocycles. The third kappa shape index (κ3) is 10.5. The second-order valence-corrected chi connectivity index (χ2v) is 10.1. The van der Waals surface area contributed by atoms with Gasteiger partial charge in [0.1, 0.15) is 6.04 Å². The summed E-state index contributed by atoms with van der Waals surface area (Å²) in [5, 5.41) is 16.9. The fourth-order valence-electron chi connectivity index (χ4n) is 4.06. The molecule has 0 aliphatic heterocycles. The lowest BCUT2D eigenvalue weighted by atomic mass is 10.1.